The van der Waals surface area contributed by atoms with E-state index in [9.17, 15) is 0 Å². The fourth-order valence-corrected chi connectivity index (χ4v) is 3.62. The number of rotatable bonds is 4. The first kappa shape index (κ1) is 14.6. The van der Waals surface area contributed by atoms with Gasteiger partial charge in [-0.25, -0.2) is 4.98 Å². The van der Waals surface area contributed by atoms with Crippen LogP contribution in [-0.2, 0) is 6.54 Å². The summed E-state index contributed by atoms with van der Waals surface area (Å²) in [7, 11) is 0. The van der Waals surface area contributed by atoms with Crippen LogP contribution in [0.4, 0.5) is 0 Å². The fourth-order valence-electron chi connectivity index (χ4n) is 2.68. The first-order valence-electron chi connectivity index (χ1n) is 7.53. The van der Waals surface area contributed by atoms with Crippen LogP contribution >= 0.6 is 11.3 Å². The van der Waals surface area contributed by atoms with E-state index in [0.29, 0.717) is 12.0 Å². The van der Waals surface area contributed by atoms with Crippen molar-refractivity contribution in [2.24, 2.45) is 0 Å². The van der Waals surface area contributed by atoms with E-state index in [0.717, 1.165) is 26.2 Å². The molecule has 0 bridgehead atoms. The van der Waals surface area contributed by atoms with Crippen molar-refractivity contribution in [1.82, 2.24) is 20.2 Å². The van der Waals surface area contributed by atoms with Gasteiger partial charge in [-0.3, -0.25) is 9.88 Å². The molecule has 1 aliphatic rings. The summed E-state index contributed by atoms with van der Waals surface area (Å²) >= 11 is 1.84. The van der Waals surface area contributed by atoms with Gasteiger partial charge in [0.2, 0.25) is 0 Å². The van der Waals surface area contributed by atoms with E-state index in [-0.39, 0.29) is 0 Å². The second-order valence-electron chi connectivity index (χ2n) is 5.79. The molecular weight excluding hydrogens is 280 g/mol. The molecule has 2 aromatic heterocycles. The lowest BCUT2D eigenvalue weighted by atomic mass is 10.1. The first-order chi connectivity index (χ1) is 10.2. The van der Waals surface area contributed by atoms with E-state index in [1.807, 2.05) is 36.0 Å². The van der Waals surface area contributed by atoms with Crippen molar-refractivity contribution in [3.63, 3.8) is 0 Å². The van der Waals surface area contributed by atoms with Gasteiger partial charge in [0, 0.05) is 49.1 Å². The molecule has 0 aliphatic carbocycles. The predicted molar refractivity (Wildman–Crippen MR) is 86.5 cm³/mol. The van der Waals surface area contributed by atoms with Crippen LogP contribution in [-0.4, -0.2) is 34.5 Å². The van der Waals surface area contributed by atoms with Crippen LogP contribution in [0.15, 0.2) is 30.7 Å². The Labute approximate surface area is 130 Å². The number of aromatic nitrogens is 2. The van der Waals surface area contributed by atoms with Gasteiger partial charge in [-0.15, -0.1) is 11.3 Å². The van der Waals surface area contributed by atoms with Crippen molar-refractivity contribution in [3.05, 3.63) is 46.2 Å². The van der Waals surface area contributed by atoms with Gasteiger partial charge in [-0.1, -0.05) is 19.9 Å². The minimum absolute atomic E-state index is 0.388. The van der Waals surface area contributed by atoms with E-state index in [4.69, 9.17) is 0 Å². The summed E-state index contributed by atoms with van der Waals surface area (Å²) in [5.41, 5.74) is 1.28. The summed E-state index contributed by atoms with van der Waals surface area (Å²) in [6.45, 7) is 8.45. The Kier molecular flexibility index (Phi) is 4.63. The Balaban J connectivity index is 1.75. The minimum atomic E-state index is 0.388. The summed E-state index contributed by atoms with van der Waals surface area (Å²) < 4.78 is 0. The van der Waals surface area contributed by atoms with E-state index in [1.54, 1.807) is 0 Å². The second-order valence-corrected chi connectivity index (χ2v) is 6.93. The maximum atomic E-state index is 4.60. The normalized spacial score (nSPS) is 20.0. The summed E-state index contributed by atoms with van der Waals surface area (Å²) in [6, 6.07) is 4.57. The third kappa shape index (κ3) is 3.48. The van der Waals surface area contributed by atoms with Crippen LogP contribution < -0.4 is 5.32 Å². The first-order valence-corrected chi connectivity index (χ1v) is 8.35. The Hall–Kier alpha value is -1.30. The Morgan fingerprint density at radius 1 is 1.43 bits per heavy atom. The molecule has 0 spiro atoms. The van der Waals surface area contributed by atoms with E-state index >= 15 is 0 Å². The third-order valence-corrected chi connectivity index (χ3v) is 5.18. The zero-order valence-corrected chi connectivity index (χ0v) is 13.4. The monoisotopic (exact) mass is 302 g/mol. The molecule has 5 heteroatoms. The SMILES string of the molecule is CC(C)c1cnc(CN2CCNCC2c2cccnc2)s1. The lowest BCUT2D eigenvalue weighted by Gasteiger charge is -2.35. The molecule has 1 aliphatic heterocycles. The van der Waals surface area contributed by atoms with E-state index < -0.39 is 0 Å². The fraction of sp³-hybridized carbons (Fsp3) is 0.500. The average Bonchev–Trinajstić information content (AvgIpc) is 2.98. The molecule has 1 unspecified atom stereocenters. The minimum Gasteiger partial charge on any atom is -0.314 e. The van der Waals surface area contributed by atoms with E-state index in [2.05, 4.69) is 40.1 Å². The van der Waals surface area contributed by atoms with Gasteiger partial charge < -0.3 is 5.32 Å². The van der Waals surface area contributed by atoms with Crippen molar-refractivity contribution >= 4 is 11.3 Å². The number of thiazole rings is 1. The number of nitrogens with one attached hydrogen (secondary N) is 1. The highest BCUT2D eigenvalue weighted by atomic mass is 32.1. The Bertz CT molecular complexity index is 567. The van der Waals surface area contributed by atoms with Crippen LogP contribution in [0.25, 0.3) is 0 Å². The van der Waals surface area contributed by atoms with Crippen LogP contribution in [0.1, 0.15) is 41.3 Å². The molecule has 2 aromatic rings. The number of hydrogen-bond acceptors (Lipinski definition) is 5. The molecule has 21 heavy (non-hydrogen) atoms. The quantitative estimate of drug-likeness (QED) is 0.943. The number of hydrogen-bond donors (Lipinski definition) is 1. The molecule has 1 atom stereocenters. The molecule has 1 saturated heterocycles. The second kappa shape index (κ2) is 6.64. The van der Waals surface area contributed by atoms with Gasteiger partial charge in [0.1, 0.15) is 5.01 Å². The standard InChI is InChI=1S/C16H22N4S/c1-12(2)15-10-19-16(21-15)11-20-7-6-18-9-14(20)13-4-3-5-17-8-13/h3-5,8,10,12,14,18H,6-7,9,11H2,1-2H3. The number of nitrogens with zero attached hydrogens (tertiary/aromatic N) is 3. The summed E-state index contributed by atoms with van der Waals surface area (Å²) in [5.74, 6) is 0.563. The molecule has 0 amide bonds. The summed E-state index contributed by atoms with van der Waals surface area (Å²) in [6.07, 6.45) is 5.85. The van der Waals surface area contributed by atoms with Gasteiger partial charge in [0.15, 0.2) is 0 Å². The van der Waals surface area contributed by atoms with Crippen LogP contribution in [0.5, 0.6) is 0 Å². The maximum Gasteiger partial charge on any atom is 0.107 e. The van der Waals surface area contributed by atoms with Crippen molar-refractivity contribution in [2.75, 3.05) is 19.6 Å². The summed E-state index contributed by atoms with van der Waals surface area (Å²) in [4.78, 5) is 12.7. The number of piperazine rings is 1. The van der Waals surface area contributed by atoms with Crippen LogP contribution in [0, 0.1) is 0 Å². The Morgan fingerprint density at radius 3 is 3.05 bits per heavy atom. The number of pyridine rings is 1. The Morgan fingerprint density at radius 2 is 2.33 bits per heavy atom. The maximum absolute atomic E-state index is 4.60. The highest BCUT2D eigenvalue weighted by Crippen LogP contribution is 2.27. The topological polar surface area (TPSA) is 41.1 Å². The van der Waals surface area contributed by atoms with Crippen molar-refractivity contribution in [3.8, 4) is 0 Å². The van der Waals surface area contributed by atoms with Gasteiger partial charge in [-0.05, 0) is 17.5 Å². The zero-order valence-electron chi connectivity index (χ0n) is 12.6. The lowest BCUT2D eigenvalue weighted by Crippen LogP contribution is -2.45. The van der Waals surface area contributed by atoms with Gasteiger partial charge in [0.25, 0.3) is 0 Å². The van der Waals surface area contributed by atoms with Crippen molar-refractivity contribution in [2.45, 2.75) is 32.4 Å². The van der Waals surface area contributed by atoms with Crippen LogP contribution in [0.3, 0.4) is 0 Å². The third-order valence-electron chi connectivity index (χ3n) is 3.90. The van der Waals surface area contributed by atoms with Crippen molar-refractivity contribution < 1.29 is 0 Å². The molecule has 0 aromatic carbocycles. The molecule has 1 N–H and O–H groups in total. The van der Waals surface area contributed by atoms with Gasteiger partial charge >= 0.3 is 0 Å². The van der Waals surface area contributed by atoms with Crippen molar-refractivity contribution in [1.29, 1.82) is 0 Å². The van der Waals surface area contributed by atoms with Crippen LogP contribution in [0.2, 0.25) is 0 Å². The highest BCUT2D eigenvalue weighted by molar-refractivity contribution is 7.11. The average molecular weight is 302 g/mol. The molecule has 0 radical (unpaired) electrons. The smallest absolute Gasteiger partial charge is 0.107 e. The molecule has 0 saturated carbocycles. The molecule has 1 fully saturated rings. The van der Waals surface area contributed by atoms with E-state index in [1.165, 1.54) is 15.4 Å². The predicted octanol–water partition coefficient (Wildman–Crippen LogP) is 2.81. The zero-order chi connectivity index (χ0) is 14.7. The lowest BCUT2D eigenvalue weighted by molar-refractivity contribution is 0.153. The molecule has 4 nitrogen and oxygen atoms in total. The summed E-state index contributed by atoms with van der Waals surface area (Å²) in [5, 5.41) is 4.70. The largest absolute Gasteiger partial charge is 0.314 e. The van der Waals surface area contributed by atoms with Gasteiger partial charge in [-0.2, -0.15) is 0 Å². The highest BCUT2D eigenvalue weighted by Gasteiger charge is 2.24. The van der Waals surface area contributed by atoms with Gasteiger partial charge in [0.05, 0.1) is 6.54 Å². The molecule has 3 heterocycles. The molecular formula is C16H22N4S. The molecule has 112 valence electrons. The molecule has 3 rings (SSSR count).